The second-order valence-electron chi connectivity index (χ2n) is 3.32. The monoisotopic (exact) mass is 246 g/mol. The van der Waals surface area contributed by atoms with Gasteiger partial charge in [-0.3, -0.25) is 0 Å². The zero-order valence-corrected chi connectivity index (χ0v) is 9.68. The van der Waals surface area contributed by atoms with Gasteiger partial charge < -0.3 is 9.84 Å². The molecule has 1 aromatic carbocycles. The molecule has 17 heavy (non-hydrogen) atoms. The highest BCUT2D eigenvalue weighted by Crippen LogP contribution is 2.18. The molecule has 0 spiro atoms. The molecule has 1 atom stereocenters. The minimum Gasteiger partial charge on any atom is -0.491 e. The molecular formula is C11H15FO5. The van der Waals surface area contributed by atoms with Crippen LogP contribution >= 0.6 is 0 Å². The summed E-state index contributed by atoms with van der Waals surface area (Å²) in [6.45, 7) is 3.66. The van der Waals surface area contributed by atoms with E-state index in [1.807, 2.05) is 13.8 Å². The lowest BCUT2D eigenvalue weighted by Crippen LogP contribution is -2.10. The van der Waals surface area contributed by atoms with E-state index in [9.17, 15) is 4.39 Å². The Labute approximate surface area is 98.3 Å². The maximum absolute atomic E-state index is 13.0. The first-order valence-corrected chi connectivity index (χ1v) is 5.06. The molecule has 0 aliphatic rings. The SMILES string of the molecule is CC[C@@H](C)Oc1ccc(F)c(CO)c1.O=[O+][O-]. The Hall–Kier alpha value is -1.69. The molecule has 1 aromatic rings. The van der Waals surface area contributed by atoms with Crippen LogP contribution in [0.3, 0.4) is 0 Å². The van der Waals surface area contributed by atoms with Crippen LogP contribution in [0.2, 0.25) is 0 Å². The second kappa shape index (κ2) is 8.46. The zero-order valence-electron chi connectivity index (χ0n) is 9.68. The molecular weight excluding hydrogens is 231 g/mol. The lowest BCUT2D eigenvalue weighted by molar-refractivity contribution is -0.284. The van der Waals surface area contributed by atoms with Crippen molar-refractivity contribution in [1.29, 1.82) is 0 Å². The molecule has 0 aromatic heterocycles. The van der Waals surface area contributed by atoms with Gasteiger partial charge in [0.25, 0.3) is 0 Å². The van der Waals surface area contributed by atoms with Crippen molar-refractivity contribution in [1.82, 2.24) is 0 Å². The molecule has 0 fully saturated rings. The quantitative estimate of drug-likeness (QED) is 0.494. The molecule has 5 nitrogen and oxygen atoms in total. The summed E-state index contributed by atoms with van der Waals surface area (Å²) in [4.78, 5) is 7.88. The third-order valence-electron chi connectivity index (χ3n) is 2.10. The molecule has 0 radical (unpaired) electrons. The van der Waals surface area contributed by atoms with Gasteiger partial charge in [0.2, 0.25) is 0 Å². The second-order valence-corrected chi connectivity index (χ2v) is 3.32. The van der Waals surface area contributed by atoms with Crippen LogP contribution in [-0.4, -0.2) is 11.2 Å². The Balaban J connectivity index is 0.000000770. The van der Waals surface area contributed by atoms with Gasteiger partial charge in [-0.1, -0.05) is 17.1 Å². The number of benzene rings is 1. The van der Waals surface area contributed by atoms with Crippen LogP contribution < -0.4 is 9.99 Å². The number of halogens is 1. The highest BCUT2D eigenvalue weighted by molar-refractivity contribution is 5.29. The topological polar surface area (TPSA) is 80.9 Å². The Kier molecular flexibility index (Phi) is 7.62. The normalized spacial score (nSPS) is 11.1. The van der Waals surface area contributed by atoms with E-state index in [0.29, 0.717) is 5.75 Å². The van der Waals surface area contributed by atoms with E-state index < -0.39 is 5.82 Å². The first kappa shape index (κ1) is 15.3. The molecule has 0 aliphatic heterocycles. The maximum Gasteiger partial charge on any atom is 0.154 e. The van der Waals surface area contributed by atoms with E-state index >= 15 is 0 Å². The third-order valence-corrected chi connectivity index (χ3v) is 2.10. The fourth-order valence-corrected chi connectivity index (χ4v) is 1.06. The average molecular weight is 246 g/mol. The van der Waals surface area contributed by atoms with Crippen molar-refractivity contribution in [2.45, 2.75) is 33.0 Å². The molecule has 0 saturated heterocycles. The summed E-state index contributed by atoms with van der Waals surface area (Å²) in [5.74, 6) is 0.203. The minimum absolute atomic E-state index is 0.104. The van der Waals surface area contributed by atoms with Crippen LogP contribution in [-0.2, 0) is 6.61 Å². The summed E-state index contributed by atoms with van der Waals surface area (Å²) < 4.78 is 20.2. The minimum atomic E-state index is -0.399. The van der Waals surface area contributed by atoms with Gasteiger partial charge >= 0.3 is 0 Å². The standard InChI is InChI=1S/C11H15FO2.O3/c1-3-8(2)14-10-4-5-11(12)9(6-10)7-13;1-3-2/h4-6,8,13H,3,7H2,1-2H3;/t8-;/m1./s1. The van der Waals surface area contributed by atoms with Crippen molar-refractivity contribution in [3.63, 3.8) is 0 Å². The van der Waals surface area contributed by atoms with Gasteiger partial charge in [0.05, 0.1) is 12.7 Å². The van der Waals surface area contributed by atoms with Gasteiger partial charge in [-0.25, -0.2) is 4.39 Å². The van der Waals surface area contributed by atoms with Gasteiger partial charge in [-0.2, -0.15) is 0 Å². The number of aliphatic hydroxyl groups excluding tert-OH is 1. The van der Waals surface area contributed by atoms with E-state index in [1.165, 1.54) is 12.1 Å². The molecule has 6 heteroatoms. The van der Waals surface area contributed by atoms with Crippen LogP contribution in [0.15, 0.2) is 18.2 Å². The number of rotatable bonds is 4. The molecule has 0 heterocycles. The van der Waals surface area contributed by atoms with Gasteiger partial charge in [0, 0.05) is 5.56 Å². The lowest BCUT2D eigenvalue weighted by Gasteiger charge is -2.13. The van der Waals surface area contributed by atoms with E-state index in [2.05, 4.69) is 0 Å². The Morgan fingerprint density at radius 3 is 2.65 bits per heavy atom. The smallest absolute Gasteiger partial charge is 0.154 e. The number of aliphatic hydroxyl groups is 1. The van der Waals surface area contributed by atoms with Crippen molar-refractivity contribution < 1.29 is 19.5 Å². The van der Waals surface area contributed by atoms with Crippen LogP contribution in [0.25, 0.3) is 0 Å². The van der Waals surface area contributed by atoms with Gasteiger partial charge in [-0.15, -0.1) is 0 Å². The van der Waals surface area contributed by atoms with Crippen molar-refractivity contribution in [2.75, 3.05) is 0 Å². The first-order chi connectivity index (χ1) is 8.08. The van der Waals surface area contributed by atoms with Crippen molar-refractivity contribution in [3.05, 3.63) is 39.3 Å². The lowest BCUT2D eigenvalue weighted by atomic mass is 10.2. The largest absolute Gasteiger partial charge is 0.491 e. The van der Waals surface area contributed by atoms with Crippen molar-refractivity contribution in [3.8, 4) is 5.75 Å². The number of ether oxygens (including phenoxy) is 1. The highest BCUT2D eigenvalue weighted by atomic mass is 19.1. The average Bonchev–Trinajstić information content (AvgIpc) is 2.32. The number of hydrogen-bond donors (Lipinski definition) is 1. The van der Waals surface area contributed by atoms with Crippen LogP contribution in [0.5, 0.6) is 5.75 Å². The molecule has 0 saturated carbocycles. The molecule has 0 unspecified atom stereocenters. The Morgan fingerprint density at radius 1 is 1.59 bits per heavy atom. The Morgan fingerprint density at radius 2 is 2.18 bits per heavy atom. The maximum atomic E-state index is 13.0. The zero-order chi connectivity index (χ0) is 13.3. The third kappa shape index (κ3) is 5.82. The fraction of sp³-hybridized carbons (Fsp3) is 0.455. The van der Waals surface area contributed by atoms with Gasteiger partial charge in [0.1, 0.15) is 11.6 Å². The summed E-state index contributed by atoms with van der Waals surface area (Å²) in [6.07, 6.45) is 0.998. The van der Waals surface area contributed by atoms with E-state index in [0.717, 1.165) is 6.42 Å². The van der Waals surface area contributed by atoms with Crippen LogP contribution in [0, 0.1) is 15.5 Å². The molecule has 96 valence electrons. The van der Waals surface area contributed by atoms with Crippen molar-refractivity contribution >= 4 is 0 Å². The molecule has 1 rings (SSSR count). The molecule has 0 bridgehead atoms. The van der Waals surface area contributed by atoms with E-state index in [4.69, 9.17) is 20.1 Å². The summed E-state index contributed by atoms with van der Waals surface area (Å²) in [7, 11) is 0. The summed E-state index contributed by atoms with van der Waals surface area (Å²) >= 11 is 0. The summed E-state index contributed by atoms with van der Waals surface area (Å²) in [5, 5.41) is 16.7. The Bertz CT molecular complexity index is 343. The van der Waals surface area contributed by atoms with Crippen LogP contribution in [0.1, 0.15) is 25.8 Å². The summed E-state index contributed by atoms with van der Waals surface area (Å²) in [6, 6.07) is 4.41. The highest BCUT2D eigenvalue weighted by Gasteiger charge is 2.05. The van der Waals surface area contributed by atoms with Gasteiger partial charge in [-0.05, 0) is 31.5 Å². The van der Waals surface area contributed by atoms with Crippen molar-refractivity contribution in [2.24, 2.45) is 0 Å². The van der Waals surface area contributed by atoms with E-state index in [-0.39, 0.29) is 18.3 Å². The molecule has 0 aliphatic carbocycles. The fourth-order valence-electron chi connectivity index (χ4n) is 1.06. The molecule has 1 N–H and O–H groups in total. The molecule has 0 amide bonds. The van der Waals surface area contributed by atoms with Gasteiger partial charge in [0.15, 0.2) is 4.75 Å². The first-order valence-electron chi connectivity index (χ1n) is 5.06. The van der Waals surface area contributed by atoms with Crippen LogP contribution in [0.4, 0.5) is 4.39 Å². The number of hydrogen-bond acceptors (Lipinski definition) is 4. The predicted octanol–water partition coefficient (Wildman–Crippen LogP) is 1.37. The van der Waals surface area contributed by atoms with E-state index in [1.54, 1.807) is 10.8 Å². The predicted molar refractivity (Wildman–Crippen MR) is 59.4 cm³/mol. The summed E-state index contributed by atoms with van der Waals surface area (Å²) in [5.41, 5.74) is 0.269.